The Kier molecular flexibility index (Phi) is 4.13. The molecular formula is C9H9BrClF2N. The molecule has 0 amide bonds. The fourth-order valence-corrected chi connectivity index (χ4v) is 1.48. The van der Waals surface area contributed by atoms with E-state index in [2.05, 4.69) is 21.2 Å². The molecule has 0 aliphatic heterocycles. The van der Waals surface area contributed by atoms with Crippen molar-refractivity contribution in [3.63, 3.8) is 0 Å². The lowest BCUT2D eigenvalue weighted by Crippen LogP contribution is -2.23. The first-order chi connectivity index (χ1) is 6.52. The highest BCUT2D eigenvalue weighted by Gasteiger charge is 2.15. The predicted molar refractivity (Wildman–Crippen MR) is 58.2 cm³/mol. The summed E-state index contributed by atoms with van der Waals surface area (Å²) in [5.41, 5.74) is 0.574. The zero-order valence-electron chi connectivity index (χ0n) is 7.40. The third-order valence-electron chi connectivity index (χ3n) is 1.71. The van der Waals surface area contributed by atoms with Gasteiger partial charge >= 0.3 is 0 Å². The fourth-order valence-electron chi connectivity index (χ4n) is 0.924. The second-order valence-corrected chi connectivity index (χ2v) is 4.07. The number of rotatable bonds is 3. The minimum Gasteiger partial charge on any atom is -0.376 e. The minimum atomic E-state index is -2.40. The maximum absolute atomic E-state index is 12.2. The molecule has 0 aliphatic carbocycles. The second-order valence-electron chi connectivity index (χ2n) is 2.87. The SMILES string of the molecule is CC(Nc1cccc(Cl)c1Br)C(F)F. The van der Waals surface area contributed by atoms with Crippen LogP contribution in [0.2, 0.25) is 5.02 Å². The normalized spacial score (nSPS) is 13.0. The van der Waals surface area contributed by atoms with Gasteiger partial charge in [0.1, 0.15) is 0 Å². The van der Waals surface area contributed by atoms with Gasteiger partial charge in [0.05, 0.1) is 21.2 Å². The summed E-state index contributed by atoms with van der Waals surface area (Å²) < 4.78 is 25.1. The van der Waals surface area contributed by atoms with Crippen molar-refractivity contribution in [2.24, 2.45) is 0 Å². The van der Waals surface area contributed by atoms with E-state index in [0.29, 0.717) is 15.2 Å². The Labute approximate surface area is 94.6 Å². The van der Waals surface area contributed by atoms with E-state index in [1.54, 1.807) is 18.2 Å². The van der Waals surface area contributed by atoms with Crippen LogP contribution >= 0.6 is 27.5 Å². The van der Waals surface area contributed by atoms with Crippen molar-refractivity contribution in [2.75, 3.05) is 5.32 Å². The van der Waals surface area contributed by atoms with Crippen molar-refractivity contribution in [1.29, 1.82) is 0 Å². The summed E-state index contributed by atoms with van der Waals surface area (Å²) in [6, 6.07) is 4.18. The van der Waals surface area contributed by atoms with Crippen molar-refractivity contribution in [3.8, 4) is 0 Å². The molecule has 0 saturated carbocycles. The van der Waals surface area contributed by atoms with E-state index in [0.717, 1.165) is 0 Å². The van der Waals surface area contributed by atoms with E-state index in [4.69, 9.17) is 11.6 Å². The number of anilines is 1. The molecule has 78 valence electrons. The number of alkyl halides is 2. The highest BCUT2D eigenvalue weighted by Crippen LogP contribution is 2.30. The highest BCUT2D eigenvalue weighted by molar-refractivity contribution is 9.10. The molecule has 1 aromatic rings. The summed E-state index contributed by atoms with van der Waals surface area (Å²) in [6.45, 7) is 1.41. The van der Waals surface area contributed by atoms with Gasteiger partial charge < -0.3 is 5.32 Å². The third kappa shape index (κ3) is 2.82. The van der Waals surface area contributed by atoms with Crippen LogP contribution in [0.1, 0.15) is 6.92 Å². The van der Waals surface area contributed by atoms with Crippen molar-refractivity contribution in [1.82, 2.24) is 0 Å². The highest BCUT2D eigenvalue weighted by atomic mass is 79.9. The van der Waals surface area contributed by atoms with Gasteiger partial charge in [0, 0.05) is 0 Å². The lowest BCUT2D eigenvalue weighted by atomic mass is 10.3. The minimum absolute atomic E-state index is 0.497. The molecule has 5 heteroatoms. The number of halogens is 4. The van der Waals surface area contributed by atoms with E-state index in [-0.39, 0.29) is 0 Å². The number of benzene rings is 1. The Hall–Kier alpha value is -0.350. The standard InChI is InChI=1S/C9H9BrClF2N/c1-5(9(12)13)14-7-4-2-3-6(11)8(7)10/h2-5,9,14H,1H3. The maximum atomic E-state index is 12.2. The molecular weight excluding hydrogens is 275 g/mol. The van der Waals surface area contributed by atoms with Crippen molar-refractivity contribution < 1.29 is 8.78 Å². The maximum Gasteiger partial charge on any atom is 0.258 e. The largest absolute Gasteiger partial charge is 0.376 e. The Bertz CT molecular complexity index is 320. The van der Waals surface area contributed by atoms with Crippen LogP contribution in [0.25, 0.3) is 0 Å². The monoisotopic (exact) mass is 283 g/mol. The van der Waals surface area contributed by atoms with Crippen LogP contribution in [0.5, 0.6) is 0 Å². The zero-order chi connectivity index (χ0) is 10.7. The smallest absolute Gasteiger partial charge is 0.258 e. The average Bonchev–Trinajstić information content (AvgIpc) is 2.12. The molecule has 1 atom stereocenters. The molecule has 0 saturated heterocycles. The van der Waals surface area contributed by atoms with Crippen LogP contribution < -0.4 is 5.32 Å². The number of hydrogen-bond acceptors (Lipinski definition) is 1. The Morgan fingerprint density at radius 1 is 1.43 bits per heavy atom. The van der Waals surface area contributed by atoms with Gasteiger partial charge in [-0.1, -0.05) is 17.7 Å². The molecule has 1 N–H and O–H groups in total. The van der Waals surface area contributed by atoms with E-state index in [1.165, 1.54) is 6.92 Å². The van der Waals surface area contributed by atoms with Gasteiger partial charge in [-0.25, -0.2) is 8.78 Å². The molecule has 0 radical (unpaired) electrons. The first-order valence-corrected chi connectivity index (χ1v) is 5.18. The van der Waals surface area contributed by atoms with Crippen LogP contribution in [0.3, 0.4) is 0 Å². The van der Waals surface area contributed by atoms with Crippen molar-refractivity contribution >= 4 is 33.2 Å². The van der Waals surface area contributed by atoms with Gasteiger partial charge in [-0.15, -0.1) is 0 Å². The topological polar surface area (TPSA) is 12.0 Å². The quantitative estimate of drug-likeness (QED) is 0.878. The summed E-state index contributed by atoms with van der Waals surface area (Å²) >= 11 is 9.02. The van der Waals surface area contributed by atoms with Gasteiger partial charge in [0.15, 0.2) is 0 Å². The van der Waals surface area contributed by atoms with Crippen LogP contribution in [0.15, 0.2) is 22.7 Å². The summed E-state index contributed by atoms with van der Waals surface area (Å²) in [5.74, 6) is 0. The van der Waals surface area contributed by atoms with Crippen LogP contribution in [0.4, 0.5) is 14.5 Å². The van der Waals surface area contributed by atoms with Gasteiger partial charge in [0.2, 0.25) is 0 Å². The molecule has 1 aromatic carbocycles. The molecule has 0 bridgehead atoms. The predicted octanol–water partition coefficient (Wildman–Crippen LogP) is 4.17. The lowest BCUT2D eigenvalue weighted by Gasteiger charge is -2.15. The Morgan fingerprint density at radius 3 is 2.64 bits per heavy atom. The summed E-state index contributed by atoms with van der Waals surface area (Å²) in [7, 11) is 0. The summed E-state index contributed by atoms with van der Waals surface area (Å²) in [5, 5.41) is 3.17. The molecule has 0 spiro atoms. The van der Waals surface area contributed by atoms with E-state index < -0.39 is 12.5 Å². The molecule has 1 rings (SSSR count). The molecule has 0 aliphatic rings. The fraction of sp³-hybridized carbons (Fsp3) is 0.333. The average molecular weight is 285 g/mol. The Balaban J connectivity index is 2.82. The van der Waals surface area contributed by atoms with Crippen molar-refractivity contribution in [2.45, 2.75) is 19.4 Å². The molecule has 0 fully saturated rings. The summed E-state index contributed by atoms with van der Waals surface area (Å²) in [6.07, 6.45) is -2.40. The molecule has 0 heterocycles. The second kappa shape index (κ2) is 4.94. The first kappa shape index (κ1) is 11.7. The zero-order valence-corrected chi connectivity index (χ0v) is 9.74. The van der Waals surface area contributed by atoms with Crippen molar-refractivity contribution in [3.05, 3.63) is 27.7 Å². The lowest BCUT2D eigenvalue weighted by molar-refractivity contribution is 0.130. The van der Waals surface area contributed by atoms with Gasteiger partial charge in [0.25, 0.3) is 6.43 Å². The van der Waals surface area contributed by atoms with Crippen LogP contribution in [0, 0.1) is 0 Å². The van der Waals surface area contributed by atoms with E-state index in [1.807, 2.05) is 0 Å². The van der Waals surface area contributed by atoms with E-state index >= 15 is 0 Å². The first-order valence-electron chi connectivity index (χ1n) is 4.01. The third-order valence-corrected chi connectivity index (χ3v) is 3.11. The molecule has 14 heavy (non-hydrogen) atoms. The van der Waals surface area contributed by atoms with E-state index in [9.17, 15) is 8.78 Å². The molecule has 0 aromatic heterocycles. The molecule has 1 unspecified atom stereocenters. The van der Waals surface area contributed by atoms with Crippen LogP contribution in [-0.2, 0) is 0 Å². The van der Waals surface area contributed by atoms with Gasteiger partial charge in [-0.2, -0.15) is 0 Å². The summed E-state index contributed by atoms with van der Waals surface area (Å²) in [4.78, 5) is 0. The van der Waals surface area contributed by atoms with Crippen LogP contribution in [-0.4, -0.2) is 12.5 Å². The van der Waals surface area contributed by atoms with Gasteiger partial charge in [-0.05, 0) is 35.0 Å². The number of hydrogen-bond donors (Lipinski definition) is 1. The van der Waals surface area contributed by atoms with Gasteiger partial charge in [-0.3, -0.25) is 0 Å². The number of nitrogens with one attached hydrogen (secondary N) is 1. The molecule has 1 nitrogen and oxygen atoms in total. The Morgan fingerprint density at radius 2 is 2.07 bits per heavy atom.